The Labute approximate surface area is 204 Å². The molecule has 182 valence electrons. The third-order valence-electron chi connectivity index (χ3n) is 6.40. The number of aromatic hydroxyl groups is 1. The first-order valence-electron chi connectivity index (χ1n) is 11.9. The number of aryl methyl sites for hydroxylation is 1. The van der Waals surface area contributed by atoms with Crippen LogP contribution in [0, 0.1) is 12.8 Å². The third-order valence-corrected chi connectivity index (χ3v) is 6.40. The molecule has 0 unspecified atom stereocenters. The van der Waals surface area contributed by atoms with Crippen molar-refractivity contribution in [2.75, 3.05) is 11.9 Å². The lowest BCUT2D eigenvalue weighted by Gasteiger charge is -2.29. The van der Waals surface area contributed by atoms with Crippen molar-refractivity contribution in [1.82, 2.24) is 15.3 Å². The number of hydrogen-bond acceptors (Lipinski definition) is 6. The lowest BCUT2D eigenvalue weighted by molar-refractivity contribution is -0.135. The van der Waals surface area contributed by atoms with Gasteiger partial charge in [-0.05, 0) is 61.8 Å². The lowest BCUT2D eigenvalue weighted by Crippen LogP contribution is -2.31. The van der Waals surface area contributed by atoms with Crippen LogP contribution in [0.3, 0.4) is 0 Å². The van der Waals surface area contributed by atoms with Gasteiger partial charge in [0.15, 0.2) is 11.4 Å². The van der Waals surface area contributed by atoms with E-state index in [1.165, 1.54) is 11.1 Å². The highest BCUT2D eigenvalue weighted by Gasteiger charge is 2.24. The molecule has 1 fully saturated rings. The van der Waals surface area contributed by atoms with E-state index in [1.54, 1.807) is 6.92 Å². The fourth-order valence-corrected chi connectivity index (χ4v) is 4.51. The van der Waals surface area contributed by atoms with E-state index in [9.17, 15) is 14.7 Å². The van der Waals surface area contributed by atoms with Crippen LogP contribution in [0.25, 0.3) is 11.1 Å². The van der Waals surface area contributed by atoms with E-state index in [2.05, 4.69) is 57.0 Å². The summed E-state index contributed by atoms with van der Waals surface area (Å²) in [7, 11) is 0. The number of aliphatic carboxylic acids is 1. The van der Waals surface area contributed by atoms with Gasteiger partial charge in [-0.15, -0.1) is 0 Å². The lowest BCUT2D eigenvalue weighted by atomic mass is 9.84. The predicted octanol–water partition coefficient (Wildman–Crippen LogP) is 4.19. The van der Waals surface area contributed by atoms with E-state index in [4.69, 9.17) is 5.11 Å². The van der Waals surface area contributed by atoms with Crippen molar-refractivity contribution in [3.8, 4) is 16.9 Å². The molecule has 1 amide bonds. The van der Waals surface area contributed by atoms with Crippen molar-refractivity contribution in [1.29, 1.82) is 0 Å². The highest BCUT2D eigenvalue weighted by atomic mass is 16.4. The molecule has 0 saturated heterocycles. The maximum Gasteiger partial charge on any atom is 0.322 e. The van der Waals surface area contributed by atoms with E-state index in [-0.39, 0.29) is 11.4 Å². The maximum absolute atomic E-state index is 12.3. The Balaban J connectivity index is 1.31. The van der Waals surface area contributed by atoms with Gasteiger partial charge >= 0.3 is 5.97 Å². The van der Waals surface area contributed by atoms with Crippen molar-refractivity contribution in [3.63, 3.8) is 0 Å². The van der Waals surface area contributed by atoms with Gasteiger partial charge < -0.3 is 20.8 Å². The molecule has 2 aromatic carbocycles. The summed E-state index contributed by atoms with van der Waals surface area (Å²) < 4.78 is 0. The van der Waals surface area contributed by atoms with Crippen LogP contribution in [-0.2, 0) is 11.2 Å². The van der Waals surface area contributed by atoms with Gasteiger partial charge in [-0.1, -0.05) is 42.5 Å². The zero-order chi connectivity index (χ0) is 24.8. The van der Waals surface area contributed by atoms with Crippen molar-refractivity contribution in [2.24, 2.45) is 5.92 Å². The number of nitrogens with zero attached hydrogens (tertiary/aromatic N) is 2. The van der Waals surface area contributed by atoms with E-state index in [0.717, 1.165) is 31.4 Å². The van der Waals surface area contributed by atoms with Gasteiger partial charge in [-0.2, -0.15) is 0 Å². The minimum Gasteiger partial charge on any atom is -0.504 e. The molecule has 1 saturated carbocycles. The van der Waals surface area contributed by atoms with Gasteiger partial charge in [-0.3, -0.25) is 9.59 Å². The zero-order valence-electron chi connectivity index (χ0n) is 19.7. The number of aromatic nitrogens is 2. The Bertz CT molecular complexity index is 1170. The summed E-state index contributed by atoms with van der Waals surface area (Å²) in [5.74, 6) is -1.33. The summed E-state index contributed by atoms with van der Waals surface area (Å²) in [6, 6.07) is 19.2. The number of rotatable bonds is 8. The van der Waals surface area contributed by atoms with Gasteiger partial charge in [0, 0.05) is 18.2 Å². The molecule has 1 aromatic heterocycles. The first kappa shape index (κ1) is 24.2. The maximum atomic E-state index is 12.3. The molecule has 0 atom stereocenters. The van der Waals surface area contributed by atoms with Gasteiger partial charge in [-0.25, -0.2) is 9.97 Å². The minimum absolute atomic E-state index is 0.178. The number of carbonyl (C=O) groups is 2. The molecule has 0 aliphatic heterocycles. The molecule has 1 aliphatic rings. The van der Waals surface area contributed by atoms with Gasteiger partial charge in [0.1, 0.15) is 12.4 Å². The quantitative estimate of drug-likeness (QED) is 0.386. The van der Waals surface area contributed by atoms with Crippen LogP contribution in [-0.4, -0.2) is 44.6 Å². The summed E-state index contributed by atoms with van der Waals surface area (Å²) in [5.41, 5.74) is 3.64. The molecule has 8 nitrogen and oxygen atoms in total. The Morgan fingerprint density at radius 2 is 1.60 bits per heavy atom. The highest BCUT2D eigenvalue weighted by molar-refractivity contribution is 5.96. The molecular formula is C27H30N4O4. The molecule has 0 spiro atoms. The number of carboxylic acids is 1. The number of carboxylic acid groups (broad SMARTS) is 1. The van der Waals surface area contributed by atoms with Gasteiger partial charge in [0.25, 0.3) is 5.91 Å². The molecule has 0 bridgehead atoms. The molecule has 0 radical (unpaired) electrons. The van der Waals surface area contributed by atoms with Gasteiger partial charge in [0.2, 0.25) is 0 Å². The topological polar surface area (TPSA) is 124 Å². The smallest absolute Gasteiger partial charge is 0.322 e. The van der Waals surface area contributed by atoms with Crippen LogP contribution in [0.1, 0.15) is 47.7 Å². The average Bonchev–Trinajstić information content (AvgIpc) is 2.87. The molecular weight excluding hydrogens is 444 g/mol. The van der Waals surface area contributed by atoms with Crippen molar-refractivity contribution in [2.45, 2.75) is 45.1 Å². The molecule has 3 aromatic rings. The number of amides is 1. The zero-order valence-corrected chi connectivity index (χ0v) is 19.7. The standard InChI is InChI=1S/C27H30N4O4/c1-17-26(34)25(27(35)28-16-24(32)33)31-23(29-17)15-18-7-11-21(12-8-18)30-22-13-9-20(10-14-22)19-5-3-2-4-6-19/h2-6,9-10,13-14,18,21,30,34H,7-8,11-12,15-16H2,1H3,(H,28,35)(H,32,33). The van der Waals surface area contributed by atoms with Crippen LogP contribution in [0.4, 0.5) is 5.69 Å². The summed E-state index contributed by atoms with van der Waals surface area (Å²) in [6.45, 7) is 1.07. The minimum atomic E-state index is -1.17. The van der Waals surface area contributed by atoms with E-state index >= 15 is 0 Å². The van der Waals surface area contributed by atoms with Crippen molar-refractivity contribution >= 4 is 17.6 Å². The fourth-order valence-electron chi connectivity index (χ4n) is 4.51. The van der Waals surface area contributed by atoms with Crippen LogP contribution >= 0.6 is 0 Å². The number of anilines is 1. The number of hydrogen-bond donors (Lipinski definition) is 4. The average molecular weight is 475 g/mol. The molecule has 8 heteroatoms. The monoisotopic (exact) mass is 474 g/mol. The second kappa shape index (κ2) is 11.0. The molecule has 35 heavy (non-hydrogen) atoms. The summed E-state index contributed by atoms with van der Waals surface area (Å²) >= 11 is 0. The van der Waals surface area contributed by atoms with E-state index < -0.39 is 18.4 Å². The Morgan fingerprint density at radius 1 is 0.943 bits per heavy atom. The number of nitrogens with one attached hydrogen (secondary N) is 2. The van der Waals surface area contributed by atoms with Crippen LogP contribution in [0.15, 0.2) is 54.6 Å². The molecule has 4 N–H and O–H groups in total. The van der Waals surface area contributed by atoms with Crippen LogP contribution < -0.4 is 10.6 Å². The number of benzene rings is 2. The SMILES string of the molecule is Cc1nc(CC2CCC(Nc3ccc(-c4ccccc4)cc3)CC2)nc(C(=O)NCC(=O)O)c1O. The van der Waals surface area contributed by atoms with Gasteiger partial charge in [0.05, 0.1) is 5.69 Å². The molecule has 1 aliphatic carbocycles. The molecule has 1 heterocycles. The predicted molar refractivity (Wildman–Crippen MR) is 133 cm³/mol. The van der Waals surface area contributed by atoms with E-state index in [1.807, 2.05) is 18.2 Å². The summed E-state index contributed by atoms with van der Waals surface area (Å²) in [6.07, 6.45) is 4.66. The third kappa shape index (κ3) is 6.35. The van der Waals surface area contributed by atoms with Crippen molar-refractivity contribution in [3.05, 3.63) is 71.8 Å². The largest absolute Gasteiger partial charge is 0.504 e. The Hall–Kier alpha value is -3.94. The van der Waals surface area contributed by atoms with Crippen molar-refractivity contribution < 1.29 is 19.8 Å². The first-order valence-corrected chi connectivity index (χ1v) is 11.9. The summed E-state index contributed by atoms with van der Waals surface area (Å²) in [5, 5.41) is 24.8. The number of carbonyl (C=O) groups excluding carboxylic acids is 1. The first-order chi connectivity index (χ1) is 16.9. The second-order valence-electron chi connectivity index (χ2n) is 9.01. The van der Waals surface area contributed by atoms with E-state index in [0.29, 0.717) is 29.9 Å². The summed E-state index contributed by atoms with van der Waals surface area (Å²) in [4.78, 5) is 31.6. The second-order valence-corrected chi connectivity index (χ2v) is 9.01. The fraction of sp³-hybridized carbons (Fsp3) is 0.333. The van der Waals surface area contributed by atoms with Crippen LogP contribution in [0.2, 0.25) is 0 Å². The van der Waals surface area contributed by atoms with Crippen LogP contribution in [0.5, 0.6) is 5.75 Å². The highest BCUT2D eigenvalue weighted by Crippen LogP contribution is 2.30. The Kier molecular flexibility index (Phi) is 7.60. The molecule has 4 rings (SSSR count). The normalized spacial score (nSPS) is 17.5. The Morgan fingerprint density at radius 3 is 2.26 bits per heavy atom.